The molecule has 0 radical (unpaired) electrons. The molecule has 0 amide bonds. The summed E-state index contributed by atoms with van der Waals surface area (Å²) in [5.41, 5.74) is 8.54. The summed E-state index contributed by atoms with van der Waals surface area (Å²) in [5, 5.41) is 15.2. The van der Waals surface area contributed by atoms with E-state index < -0.39 is 0 Å². The predicted octanol–water partition coefficient (Wildman–Crippen LogP) is 7.61. The number of allylic oxidation sites excluding steroid dienone is 5. The minimum atomic E-state index is 0.551. The number of nitrogens with zero attached hydrogens (tertiary/aromatic N) is 3. The van der Waals surface area contributed by atoms with Crippen LogP contribution in [0.3, 0.4) is 0 Å². The molecule has 0 unspecified atom stereocenters. The maximum atomic E-state index is 4.65. The van der Waals surface area contributed by atoms with E-state index in [0.717, 1.165) is 50.3 Å². The second kappa shape index (κ2) is 9.67. The number of hydrogen-bond donors (Lipinski definition) is 3. The molecule has 0 saturated heterocycles. The number of aromatic amines is 2. The SMILES string of the molecule is C=C/C(=C\C(=C/C)c1cnc2n[nH]c(-c3cc4c(-c5cccs5)ccnc4[nH]3)c2c1)NC(=C)C1CCC1. The van der Waals surface area contributed by atoms with Gasteiger partial charge in [-0.25, -0.2) is 9.97 Å². The minimum absolute atomic E-state index is 0.551. The lowest BCUT2D eigenvalue weighted by atomic mass is 9.83. The third-order valence-electron chi connectivity index (χ3n) is 7.08. The van der Waals surface area contributed by atoms with Gasteiger partial charge in [0.05, 0.1) is 11.4 Å². The molecule has 6 rings (SSSR count). The molecule has 0 atom stereocenters. The molecule has 1 fully saturated rings. The molecule has 1 aliphatic carbocycles. The first-order valence-electron chi connectivity index (χ1n) is 12.5. The van der Waals surface area contributed by atoms with Gasteiger partial charge in [0.2, 0.25) is 0 Å². The van der Waals surface area contributed by atoms with Crippen LogP contribution in [0.4, 0.5) is 0 Å². The van der Waals surface area contributed by atoms with Crippen molar-refractivity contribution >= 4 is 39.0 Å². The van der Waals surface area contributed by atoms with Gasteiger partial charge in [0.25, 0.3) is 0 Å². The first kappa shape index (κ1) is 23.2. The van der Waals surface area contributed by atoms with E-state index in [1.54, 1.807) is 11.3 Å². The Hall–Kier alpha value is -4.23. The van der Waals surface area contributed by atoms with Crippen molar-refractivity contribution in [2.24, 2.45) is 5.92 Å². The summed E-state index contributed by atoms with van der Waals surface area (Å²) in [6, 6.07) is 10.5. The van der Waals surface area contributed by atoms with Crippen LogP contribution in [0.15, 0.2) is 90.9 Å². The number of H-pyrrole nitrogens is 2. The lowest BCUT2D eigenvalue weighted by Gasteiger charge is -2.28. The van der Waals surface area contributed by atoms with Crippen LogP contribution in [0.25, 0.3) is 49.5 Å². The minimum Gasteiger partial charge on any atom is -0.359 e. The summed E-state index contributed by atoms with van der Waals surface area (Å²) in [5.74, 6) is 0.551. The standard InChI is InChI=1S/C30H28N6S/c1-4-19(14-22(5-2)33-18(3)20-8-6-9-20)21-15-25-28(35-36-30(25)32-17-21)26-16-24-23(27-10-7-13-37-27)11-12-31-29(24)34-26/h4-5,7,10-17,20,33H,2-3,6,8-9H2,1H3,(H,31,34)(H,32,35,36)/b19-4+,22-14+. The summed E-state index contributed by atoms with van der Waals surface area (Å²) in [4.78, 5) is 13.9. The van der Waals surface area contributed by atoms with Crippen molar-refractivity contribution in [2.45, 2.75) is 26.2 Å². The van der Waals surface area contributed by atoms with Crippen molar-refractivity contribution in [3.05, 3.63) is 96.4 Å². The second-order valence-electron chi connectivity index (χ2n) is 9.30. The van der Waals surface area contributed by atoms with Crippen LogP contribution in [0.5, 0.6) is 0 Å². The fraction of sp³-hybridized carbons (Fsp3) is 0.167. The predicted molar refractivity (Wildman–Crippen MR) is 154 cm³/mol. The van der Waals surface area contributed by atoms with Gasteiger partial charge in [-0.05, 0) is 73.1 Å². The van der Waals surface area contributed by atoms with Crippen LogP contribution in [0, 0.1) is 5.92 Å². The maximum Gasteiger partial charge on any atom is 0.181 e. The Balaban J connectivity index is 1.37. The highest BCUT2D eigenvalue weighted by Gasteiger charge is 2.21. The average Bonchev–Trinajstić information content (AvgIpc) is 3.64. The Morgan fingerprint density at radius 3 is 2.81 bits per heavy atom. The number of nitrogens with one attached hydrogen (secondary N) is 3. The van der Waals surface area contributed by atoms with E-state index in [4.69, 9.17) is 0 Å². The number of rotatable bonds is 8. The number of fused-ring (bicyclic) bond motifs is 2. The number of pyridine rings is 2. The van der Waals surface area contributed by atoms with Crippen molar-refractivity contribution in [1.29, 1.82) is 0 Å². The molecule has 0 aliphatic heterocycles. The van der Waals surface area contributed by atoms with Crippen molar-refractivity contribution in [2.75, 3.05) is 0 Å². The lowest BCUT2D eigenvalue weighted by Crippen LogP contribution is -2.23. The lowest BCUT2D eigenvalue weighted by molar-refractivity contribution is 0.356. The van der Waals surface area contributed by atoms with Crippen molar-refractivity contribution in [3.8, 4) is 21.8 Å². The number of hydrogen-bond acceptors (Lipinski definition) is 5. The first-order chi connectivity index (χ1) is 18.1. The van der Waals surface area contributed by atoms with Gasteiger partial charge < -0.3 is 10.3 Å². The highest BCUT2D eigenvalue weighted by Crippen LogP contribution is 2.35. The molecule has 184 valence electrons. The van der Waals surface area contributed by atoms with Crippen LogP contribution in [0.2, 0.25) is 0 Å². The fourth-order valence-electron chi connectivity index (χ4n) is 4.76. The quantitative estimate of drug-likeness (QED) is 0.190. The molecular formula is C30H28N6S. The van der Waals surface area contributed by atoms with E-state index in [2.05, 4.69) is 91.5 Å². The maximum absolute atomic E-state index is 4.65. The summed E-state index contributed by atoms with van der Waals surface area (Å²) >= 11 is 1.72. The second-order valence-corrected chi connectivity index (χ2v) is 10.2. The molecule has 7 heteroatoms. The molecule has 1 saturated carbocycles. The number of aromatic nitrogens is 5. The Morgan fingerprint density at radius 2 is 2.08 bits per heavy atom. The Kier molecular flexibility index (Phi) is 6.06. The topological polar surface area (TPSA) is 82.3 Å². The van der Waals surface area contributed by atoms with Crippen molar-refractivity contribution < 1.29 is 0 Å². The normalized spacial score (nSPS) is 14.7. The van der Waals surface area contributed by atoms with Gasteiger partial charge >= 0.3 is 0 Å². The summed E-state index contributed by atoms with van der Waals surface area (Å²) in [6.07, 6.45) is 13.4. The molecule has 0 spiro atoms. The zero-order chi connectivity index (χ0) is 25.4. The van der Waals surface area contributed by atoms with Gasteiger partial charge in [-0.2, -0.15) is 5.10 Å². The van der Waals surface area contributed by atoms with E-state index >= 15 is 0 Å². The van der Waals surface area contributed by atoms with Crippen LogP contribution < -0.4 is 5.32 Å². The van der Waals surface area contributed by atoms with Crippen LogP contribution in [-0.2, 0) is 0 Å². The third-order valence-corrected chi connectivity index (χ3v) is 7.98. The van der Waals surface area contributed by atoms with Gasteiger partial charge in [0.1, 0.15) is 5.65 Å². The molecule has 6 nitrogen and oxygen atoms in total. The molecular weight excluding hydrogens is 476 g/mol. The third kappa shape index (κ3) is 4.32. The summed E-state index contributed by atoms with van der Waals surface area (Å²) in [7, 11) is 0. The zero-order valence-corrected chi connectivity index (χ0v) is 21.5. The zero-order valence-electron chi connectivity index (χ0n) is 20.7. The monoisotopic (exact) mass is 504 g/mol. The van der Waals surface area contributed by atoms with Crippen molar-refractivity contribution in [3.63, 3.8) is 0 Å². The van der Waals surface area contributed by atoms with Crippen LogP contribution in [0.1, 0.15) is 31.7 Å². The van der Waals surface area contributed by atoms with E-state index in [1.807, 2.05) is 25.4 Å². The van der Waals surface area contributed by atoms with Crippen LogP contribution >= 0.6 is 11.3 Å². The average molecular weight is 505 g/mol. The highest BCUT2D eigenvalue weighted by atomic mass is 32.1. The van der Waals surface area contributed by atoms with E-state index in [9.17, 15) is 0 Å². The molecule has 5 aromatic heterocycles. The molecule has 3 N–H and O–H groups in total. The molecule has 37 heavy (non-hydrogen) atoms. The van der Waals surface area contributed by atoms with Gasteiger partial charge in [-0.3, -0.25) is 5.10 Å². The Bertz CT molecular complexity index is 1680. The molecule has 5 heterocycles. The summed E-state index contributed by atoms with van der Waals surface area (Å²) < 4.78 is 0. The van der Waals surface area contributed by atoms with Gasteiger partial charge in [0, 0.05) is 50.6 Å². The Morgan fingerprint density at radius 1 is 1.19 bits per heavy atom. The van der Waals surface area contributed by atoms with E-state index in [0.29, 0.717) is 11.6 Å². The van der Waals surface area contributed by atoms with E-state index in [-0.39, 0.29) is 0 Å². The molecule has 0 aromatic carbocycles. The summed E-state index contributed by atoms with van der Waals surface area (Å²) in [6.45, 7) is 10.3. The fourth-order valence-corrected chi connectivity index (χ4v) is 5.53. The molecule has 1 aliphatic rings. The Labute approximate surface area is 219 Å². The largest absolute Gasteiger partial charge is 0.359 e. The van der Waals surface area contributed by atoms with Gasteiger partial charge in [0.15, 0.2) is 5.65 Å². The smallest absolute Gasteiger partial charge is 0.181 e. The van der Waals surface area contributed by atoms with Crippen molar-refractivity contribution in [1.82, 2.24) is 30.5 Å². The van der Waals surface area contributed by atoms with E-state index in [1.165, 1.54) is 29.7 Å². The van der Waals surface area contributed by atoms with Crippen LogP contribution in [-0.4, -0.2) is 25.1 Å². The number of thiophene rings is 1. The van der Waals surface area contributed by atoms with Gasteiger partial charge in [-0.15, -0.1) is 11.3 Å². The molecule has 5 aromatic rings. The van der Waals surface area contributed by atoms with Gasteiger partial charge in [-0.1, -0.05) is 31.7 Å². The first-order valence-corrected chi connectivity index (χ1v) is 13.4. The molecule has 0 bridgehead atoms. The highest BCUT2D eigenvalue weighted by molar-refractivity contribution is 7.13.